The van der Waals surface area contributed by atoms with Crippen LogP contribution in [0.2, 0.25) is 0 Å². The van der Waals surface area contributed by atoms with Crippen molar-refractivity contribution in [3.63, 3.8) is 0 Å². The molecule has 0 aliphatic carbocycles. The van der Waals surface area contributed by atoms with Crippen molar-refractivity contribution in [3.8, 4) is 17.3 Å². The third-order valence-electron chi connectivity index (χ3n) is 4.10. The molecule has 29 heavy (non-hydrogen) atoms. The van der Waals surface area contributed by atoms with Gasteiger partial charge in [0.25, 0.3) is 0 Å². The second-order valence-corrected chi connectivity index (χ2v) is 6.14. The summed E-state index contributed by atoms with van der Waals surface area (Å²) in [5.41, 5.74) is 8.59. The molecule has 2 aromatic heterocycles. The van der Waals surface area contributed by atoms with Crippen molar-refractivity contribution in [3.05, 3.63) is 103 Å². The van der Waals surface area contributed by atoms with Crippen LogP contribution in [0.25, 0.3) is 5.69 Å². The maximum absolute atomic E-state index is 6.10. The summed E-state index contributed by atoms with van der Waals surface area (Å²) in [6.45, 7) is 0.287. The predicted molar refractivity (Wildman–Crippen MR) is 110 cm³/mol. The van der Waals surface area contributed by atoms with Crippen molar-refractivity contribution in [2.45, 2.75) is 6.61 Å². The lowest BCUT2D eigenvalue weighted by atomic mass is 10.2. The Kier molecular flexibility index (Phi) is 5.48. The molecule has 0 radical (unpaired) electrons. The number of nitrogens with two attached hydrogens (primary N) is 1. The summed E-state index contributed by atoms with van der Waals surface area (Å²) < 4.78 is 7.60. The lowest BCUT2D eigenvalue weighted by Crippen LogP contribution is -2.15. The Morgan fingerprint density at radius 2 is 1.76 bits per heavy atom. The van der Waals surface area contributed by atoms with Crippen molar-refractivity contribution >= 4 is 5.84 Å². The molecule has 0 spiro atoms. The molecule has 0 atom stereocenters. The van der Waals surface area contributed by atoms with Gasteiger partial charge < -0.3 is 15.3 Å². The lowest BCUT2D eigenvalue weighted by molar-refractivity contribution is 0.130. The van der Waals surface area contributed by atoms with Crippen molar-refractivity contribution < 1.29 is 9.57 Å². The predicted octanol–water partition coefficient (Wildman–Crippen LogP) is 3.90. The van der Waals surface area contributed by atoms with E-state index in [9.17, 15) is 0 Å². The van der Waals surface area contributed by atoms with Crippen LogP contribution in [-0.4, -0.2) is 20.6 Å². The molecule has 0 amide bonds. The van der Waals surface area contributed by atoms with Crippen LogP contribution >= 0.6 is 0 Å². The lowest BCUT2D eigenvalue weighted by Gasteiger charge is -2.09. The van der Waals surface area contributed by atoms with Gasteiger partial charge in [-0.25, -0.2) is 9.67 Å². The minimum absolute atomic E-state index is 0.192. The fraction of sp³-hybridized carbons (Fsp3) is 0.0455. The fourth-order valence-corrected chi connectivity index (χ4v) is 2.66. The molecule has 0 unspecified atom stereocenters. The Hall–Kier alpha value is -4.13. The van der Waals surface area contributed by atoms with E-state index in [0.29, 0.717) is 17.2 Å². The molecule has 4 aromatic rings. The molecule has 4 rings (SSSR count). The summed E-state index contributed by atoms with van der Waals surface area (Å²) in [6.07, 6.45) is 5.26. The third-order valence-corrected chi connectivity index (χ3v) is 4.10. The largest absolute Gasteiger partial charge is 0.438 e. The SMILES string of the molecule is N/C(=N/OCc1ccc(-n2cccn2)cc1)c1cccnc1Oc1ccccc1. The summed E-state index contributed by atoms with van der Waals surface area (Å²) in [7, 11) is 0. The van der Waals surface area contributed by atoms with Crippen molar-refractivity contribution in [1.29, 1.82) is 0 Å². The summed E-state index contributed by atoms with van der Waals surface area (Å²) >= 11 is 0. The zero-order chi connectivity index (χ0) is 19.9. The van der Waals surface area contributed by atoms with Gasteiger partial charge in [0.05, 0.1) is 11.3 Å². The highest BCUT2D eigenvalue weighted by Crippen LogP contribution is 2.22. The number of oxime groups is 1. The van der Waals surface area contributed by atoms with Crippen LogP contribution in [0.3, 0.4) is 0 Å². The number of rotatable bonds is 7. The molecule has 0 saturated heterocycles. The molecule has 0 bridgehead atoms. The summed E-state index contributed by atoms with van der Waals surface area (Å²) in [4.78, 5) is 9.68. The number of benzene rings is 2. The smallest absolute Gasteiger partial charge is 0.230 e. The van der Waals surface area contributed by atoms with Crippen molar-refractivity contribution in [1.82, 2.24) is 14.8 Å². The summed E-state index contributed by atoms with van der Waals surface area (Å²) in [6, 6.07) is 22.6. The van der Waals surface area contributed by atoms with Gasteiger partial charge >= 0.3 is 0 Å². The monoisotopic (exact) mass is 385 g/mol. The van der Waals surface area contributed by atoms with Gasteiger partial charge in [-0.3, -0.25) is 0 Å². The number of amidine groups is 1. The van der Waals surface area contributed by atoms with E-state index in [0.717, 1.165) is 11.3 Å². The average Bonchev–Trinajstić information content (AvgIpc) is 3.30. The minimum Gasteiger partial charge on any atom is -0.438 e. The van der Waals surface area contributed by atoms with Crippen molar-refractivity contribution in [2.75, 3.05) is 0 Å². The van der Waals surface area contributed by atoms with E-state index in [1.807, 2.05) is 66.9 Å². The maximum atomic E-state index is 6.10. The molecular formula is C22H19N5O2. The van der Waals surface area contributed by atoms with Crippen LogP contribution in [0.4, 0.5) is 0 Å². The van der Waals surface area contributed by atoms with Crippen LogP contribution in [-0.2, 0) is 11.4 Å². The molecule has 7 nitrogen and oxygen atoms in total. The van der Waals surface area contributed by atoms with E-state index in [1.165, 1.54) is 0 Å². The highest BCUT2D eigenvalue weighted by molar-refractivity contribution is 5.99. The van der Waals surface area contributed by atoms with Gasteiger partial charge in [0.2, 0.25) is 5.88 Å². The number of para-hydroxylation sites is 1. The van der Waals surface area contributed by atoms with Crippen LogP contribution in [0, 0.1) is 0 Å². The Morgan fingerprint density at radius 3 is 2.52 bits per heavy atom. The van der Waals surface area contributed by atoms with E-state index < -0.39 is 0 Å². The number of hydrogen-bond acceptors (Lipinski definition) is 5. The van der Waals surface area contributed by atoms with Crippen LogP contribution in [0.15, 0.2) is 96.5 Å². The van der Waals surface area contributed by atoms with Crippen LogP contribution in [0.1, 0.15) is 11.1 Å². The topological polar surface area (TPSA) is 87.6 Å². The Bertz CT molecular complexity index is 1080. The first-order valence-corrected chi connectivity index (χ1v) is 9.02. The van der Waals surface area contributed by atoms with Crippen molar-refractivity contribution in [2.24, 2.45) is 10.9 Å². The van der Waals surface area contributed by atoms with Gasteiger partial charge in [0.15, 0.2) is 5.84 Å². The molecule has 2 heterocycles. The van der Waals surface area contributed by atoms with E-state index >= 15 is 0 Å². The fourth-order valence-electron chi connectivity index (χ4n) is 2.66. The summed E-state index contributed by atoms with van der Waals surface area (Å²) in [5, 5.41) is 8.22. The highest BCUT2D eigenvalue weighted by Gasteiger charge is 2.10. The normalized spacial score (nSPS) is 11.2. The van der Waals surface area contributed by atoms with E-state index in [2.05, 4.69) is 15.2 Å². The zero-order valence-corrected chi connectivity index (χ0v) is 15.6. The molecule has 2 aromatic carbocycles. The molecule has 0 fully saturated rings. The van der Waals surface area contributed by atoms with Crippen LogP contribution < -0.4 is 10.5 Å². The van der Waals surface area contributed by atoms with Gasteiger partial charge in [-0.1, -0.05) is 35.5 Å². The van der Waals surface area contributed by atoms with Gasteiger partial charge in [0, 0.05) is 18.6 Å². The highest BCUT2D eigenvalue weighted by atomic mass is 16.6. The summed E-state index contributed by atoms with van der Waals surface area (Å²) in [5.74, 6) is 1.22. The third kappa shape index (κ3) is 4.59. The minimum atomic E-state index is 0.192. The first-order chi connectivity index (χ1) is 14.3. The van der Waals surface area contributed by atoms with Crippen LogP contribution in [0.5, 0.6) is 11.6 Å². The maximum Gasteiger partial charge on any atom is 0.230 e. The molecule has 2 N–H and O–H groups in total. The molecule has 0 saturated carbocycles. The van der Waals surface area contributed by atoms with E-state index in [4.69, 9.17) is 15.3 Å². The number of nitrogens with zero attached hydrogens (tertiary/aromatic N) is 4. The first kappa shape index (κ1) is 18.2. The quantitative estimate of drug-likeness (QED) is 0.296. The average molecular weight is 385 g/mol. The van der Waals surface area contributed by atoms with Gasteiger partial charge in [-0.05, 0) is 48.0 Å². The molecule has 0 aliphatic rings. The van der Waals surface area contributed by atoms with Gasteiger partial charge in [-0.15, -0.1) is 0 Å². The standard InChI is InChI=1S/C22H19N5O2/c23-21(20-8-4-13-24-22(20)29-19-6-2-1-3-7-19)26-28-16-17-9-11-18(12-10-17)27-15-5-14-25-27/h1-15H,16H2,(H2,23,26). The molecule has 7 heteroatoms. The molecular weight excluding hydrogens is 366 g/mol. The Morgan fingerprint density at radius 1 is 0.931 bits per heavy atom. The van der Waals surface area contributed by atoms with Gasteiger partial charge in [0.1, 0.15) is 12.4 Å². The Labute approximate surface area is 168 Å². The molecule has 0 aliphatic heterocycles. The molecule has 144 valence electrons. The van der Waals surface area contributed by atoms with Gasteiger partial charge in [-0.2, -0.15) is 5.10 Å². The number of hydrogen-bond donors (Lipinski definition) is 1. The van der Waals surface area contributed by atoms with E-state index in [1.54, 1.807) is 29.2 Å². The number of ether oxygens (including phenoxy) is 1. The van der Waals surface area contributed by atoms with E-state index in [-0.39, 0.29) is 12.4 Å². The second-order valence-electron chi connectivity index (χ2n) is 6.14. The first-order valence-electron chi connectivity index (χ1n) is 9.02. The Balaban J connectivity index is 1.42. The number of pyridine rings is 1. The second kappa shape index (κ2) is 8.71. The zero-order valence-electron chi connectivity index (χ0n) is 15.6. The number of aromatic nitrogens is 3.